The van der Waals surface area contributed by atoms with Crippen LogP contribution >= 0.6 is 0 Å². The van der Waals surface area contributed by atoms with Crippen molar-refractivity contribution in [2.45, 2.75) is 64.3 Å². The standard InChI is InChI=1S/C12H24NO3Si.CH3BO/c1-12(2,3)17(5,6)16-9-7-10(13-8-9)11(14)15-4;1-2-3/h9-10H,7-8H2,1-6H3;1H3/q-1;/t9-,10-;/m0./s1. The van der Waals surface area contributed by atoms with Gasteiger partial charge in [0.1, 0.15) is 0 Å². The molecule has 0 bridgehead atoms. The van der Waals surface area contributed by atoms with Crippen molar-refractivity contribution in [3.63, 3.8) is 0 Å². The van der Waals surface area contributed by atoms with Gasteiger partial charge in [0.2, 0.25) is 0 Å². The fourth-order valence-corrected chi connectivity index (χ4v) is 2.99. The van der Waals surface area contributed by atoms with Crippen molar-refractivity contribution in [1.29, 1.82) is 0 Å². The molecule has 0 unspecified atom stereocenters. The molecular formula is C13H27BNO4Si-. The average molecular weight is 300 g/mol. The van der Waals surface area contributed by atoms with E-state index in [1.165, 1.54) is 13.9 Å². The van der Waals surface area contributed by atoms with Gasteiger partial charge in [-0.05, 0) is 30.6 Å². The van der Waals surface area contributed by atoms with Crippen molar-refractivity contribution >= 4 is 21.4 Å². The zero-order valence-electron chi connectivity index (χ0n) is 13.7. The van der Waals surface area contributed by atoms with Crippen LogP contribution in [0.4, 0.5) is 0 Å². The van der Waals surface area contributed by atoms with Crippen LogP contribution in [0.15, 0.2) is 0 Å². The van der Waals surface area contributed by atoms with Crippen LogP contribution in [0.3, 0.4) is 0 Å². The summed E-state index contributed by atoms with van der Waals surface area (Å²) in [7, 11) is 0.396. The Hall–Kier alpha value is -0.528. The first-order chi connectivity index (χ1) is 9.09. The molecule has 1 fully saturated rings. The number of methoxy groups -OCH3 is 1. The first-order valence-electron chi connectivity index (χ1n) is 6.91. The normalized spacial score (nSPS) is 22.6. The molecule has 1 heterocycles. The molecule has 0 amide bonds. The van der Waals surface area contributed by atoms with E-state index in [0.717, 1.165) is 7.15 Å². The topological polar surface area (TPSA) is 66.7 Å². The third-order valence-electron chi connectivity index (χ3n) is 3.76. The van der Waals surface area contributed by atoms with Gasteiger partial charge in [0.25, 0.3) is 5.97 Å². The molecule has 116 valence electrons. The van der Waals surface area contributed by atoms with E-state index in [1.54, 1.807) is 0 Å². The van der Waals surface area contributed by atoms with Gasteiger partial charge in [-0.1, -0.05) is 20.8 Å². The molecule has 0 N–H and O–H groups in total. The molecule has 1 rings (SSSR count). The van der Waals surface area contributed by atoms with E-state index in [1.807, 2.05) is 0 Å². The van der Waals surface area contributed by atoms with E-state index in [9.17, 15) is 4.79 Å². The van der Waals surface area contributed by atoms with Crippen LogP contribution in [0.5, 0.6) is 0 Å². The van der Waals surface area contributed by atoms with E-state index < -0.39 is 8.32 Å². The second-order valence-corrected chi connectivity index (χ2v) is 11.1. The quantitative estimate of drug-likeness (QED) is 0.594. The van der Waals surface area contributed by atoms with Crippen LogP contribution in [0.1, 0.15) is 27.2 Å². The van der Waals surface area contributed by atoms with E-state index >= 15 is 0 Å². The molecule has 0 saturated carbocycles. The number of rotatable bonds is 3. The number of ether oxygens (including phenoxy) is 1. The fourth-order valence-electron chi connectivity index (χ4n) is 1.63. The van der Waals surface area contributed by atoms with Crippen LogP contribution in [-0.2, 0) is 18.7 Å². The molecule has 0 aromatic carbocycles. The number of hydrogen-bond acceptors (Lipinski definition) is 4. The Morgan fingerprint density at radius 1 is 1.35 bits per heavy atom. The molecule has 0 aromatic rings. The van der Waals surface area contributed by atoms with Crippen molar-refractivity contribution in [2.24, 2.45) is 0 Å². The van der Waals surface area contributed by atoms with Gasteiger partial charge in [-0.15, -0.1) is 6.54 Å². The number of esters is 1. The van der Waals surface area contributed by atoms with Crippen molar-refractivity contribution in [1.82, 2.24) is 0 Å². The van der Waals surface area contributed by atoms with Gasteiger partial charge in [-0.3, -0.25) is 4.79 Å². The third kappa shape index (κ3) is 5.85. The second kappa shape index (κ2) is 8.05. The van der Waals surface area contributed by atoms with Crippen LogP contribution in [0.2, 0.25) is 25.0 Å². The fraction of sp³-hybridized carbons (Fsp3) is 0.923. The summed E-state index contributed by atoms with van der Waals surface area (Å²) in [5, 5.41) is 4.47. The zero-order valence-corrected chi connectivity index (χ0v) is 14.7. The Labute approximate surface area is 124 Å². The van der Waals surface area contributed by atoms with Gasteiger partial charge < -0.3 is 14.5 Å². The van der Waals surface area contributed by atoms with Crippen molar-refractivity contribution in [3.05, 3.63) is 5.32 Å². The van der Waals surface area contributed by atoms with Crippen molar-refractivity contribution in [2.75, 3.05) is 13.7 Å². The number of carbonyl (C=O) groups excluding carboxylic acids is 1. The maximum atomic E-state index is 11.4. The first kappa shape index (κ1) is 19.5. The maximum Gasteiger partial charge on any atom is 0.287 e. The summed E-state index contributed by atoms with van der Waals surface area (Å²) >= 11 is 0. The molecule has 2 atom stereocenters. The number of nitrogens with zero attached hydrogens (tertiary/aromatic N) is 1. The zero-order chi connectivity index (χ0) is 16.0. The minimum Gasteiger partial charge on any atom is -0.648 e. The van der Waals surface area contributed by atoms with Gasteiger partial charge in [-0.25, -0.2) is 0 Å². The van der Waals surface area contributed by atoms with Gasteiger partial charge in [0, 0.05) is 6.10 Å². The predicted molar refractivity (Wildman–Crippen MR) is 83.0 cm³/mol. The van der Waals surface area contributed by atoms with E-state index in [2.05, 4.69) is 39.2 Å². The minimum absolute atomic E-state index is 0.0833. The summed E-state index contributed by atoms with van der Waals surface area (Å²) in [5.41, 5.74) is 0. The third-order valence-corrected chi connectivity index (χ3v) is 8.29. The Kier molecular flexibility index (Phi) is 7.83. The van der Waals surface area contributed by atoms with E-state index in [-0.39, 0.29) is 23.2 Å². The van der Waals surface area contributed by atoms with Crippen molar-refractivity contribution in [3.8, 4) is 0 Å². The van der Waals surface area contributed by atoms with Gasteiger partial charge in [0.15, 0.2) is 8.32 Å². The molecule has 0 radical (unpaired) electrons. The Balaban J connectivity index is 0.00000110. The van der Waals surface area contributed by atoms with Crippen LogP contribution in [-0.4, -0.2) is 47.2 Å². The Morgan fingerprint density at radius 2 is 1.85 bits per heavy atom. The molecule has 0 aromatic heterocycles. The second-order valence-electron chi connectivity index (χ2n) is 6.38. The molecule has 20 heavy (non-hydrogen) atoms. The number of hydrogen-bond donors (Lipinski definition) is 0. The first-order valence-corrected chi connectivity index (χ1v) is 9.82. The van der Waals surface area contributed by atoms with Crippen molar-refractivity contribution < 1.29 is 18.7 Å². The van der Waals surface area contributed by atoms with E-state index in [0.29, 0.717) is 13.0 Å². The summed E-state index contributed by atoms with van der Waals surface area (Å²) in [5.74, 6) is -0.244. The average Bonchev–Trinajstić information content (AvgIpc) is 2.75. The monoisotopic (exact) mass is 300 g/mol. The summed E-state index contributed by atoms with van der Waals surface area (Å²) in [6.07, 6.45) is 0.749. The van der Waals surface area contributed by atoms with Gasteiger partial charge in [-0.2, -0.15) is 0 Å². The van der Waals surface area contributed by atoms with Crippen LogP contribution < -0.4 is 0 Å². The molecule has 1 saturated heterocycles. The van der Waals surface area contributed by atoms with Gasteiger partial charge >= 0.3 is 18.7 Å². The largest absolute Gasteiger partial charge is 0.648 e. The Bertz CT molecular complexity index is 331. The summed E-state index contributed by atoms with van der Waals surface area (Å²) in [4.78, 5) is 11.4. The smallest absolute Gasteiger partial charge is 0.287 e. The molecule has 0 aliphatic carbocycles. The molecule has 5 nitrogen and oxygen atoms in total. The SMILES string of the molecule is CB=O.COC(=O)[C@@H]1C[C@H](O[Si](C)(C)C(C)(C)C)C[N-]1. The summed E-state index contributed by atoms with van der Waals surface area (Å²) in [6.45, 7) is 13.1. The molecule has 1 aliphatic heterocycles. The molecule has 7 heteroatoms. The summed E-state index contributed by atoms with van der Waals surface area (Å²) in [6, 6.07) is -0.324. The summed E-state index contributed by atoms with van der Waals surface area (Å²) < 4.78 is 19.7. The van der Waals surface area contributed by atoms with Gasteiger partial charge in [0.05, 0.1) is 7.11 Å². The predicted octanol–water partition coefficient (Wildman–Crippen LogP) is 2.78. The molecular weight excluding hydrogens is 273 g/mol. The molecule has 0 spiro atoms. The molecule has 1 aliphatic rings. The maximum absolute atomic E-state index is 11.4. The Morgan fingerprint density at radius 3 is 2.25 bits per heavy atom. The van der Waals surface area contributed by atoms with Crippen LogP contribution in [0, 0.1) is 0 Å². The number of carbonyl (C=O) groups is 1. The minimum atomic E-state index is -1.76. The van der Waals surface area contributed by atoms with E-state index in [4.69, 9.17) is 13.9 Å². The van der Waals surface area contributed by atoms with Crippen LogP contribution in [0.25, 0.3) is 5.32 Å².